The molecule has 3 aromatic rings. The minimum atomic E-state index is -2.91. The van der Waals surface area contributed by atoms with Crippen molar-refractivity contribution >= 4 is 17.5 Å². The van der Waals surface area contributed by atoms with E-state index in [4.69, 9.17) is 9.15 Å². The van der Waals surface area contributed by atoms with Gasteiger partial charge in [-0.1, -0.05) is 23.9 Å². The maximum Gasteiger partial charge on any atom is 0.387 e. The summed E-state index contributed by atoms with van der Waals surface area (Å²) in [6, 6.07) is 12.8. The van der Waals surface area contributed by atoms with Gasteiger partial charge >= 0.3 is 6.61 Å². The van der Waals surface area contributed by atoms with E-state index >= 15 is 0 Å². The SMILES string of the molecule is CCOc1ccccc1-c1nnc(SCC(=O)c2ccc(OC(F)F)cc2)o1. The number of ketones is 1. The maximum atomic E-state index is 12.2. The zero-order valence-corrected chi connectivity index (χ0v) is 15.6. The molecule has 0 amide bonds. The zero-order valence-electron chi connectivity index (χ0n) is 14.8. The minimum absolute atomic E-state index is 0.00582. The lowest BCUT2D eigenvalue weighted by atomic mass is 10.1. The third-order valence-corrected chi connectivity index (χ3v) is 4.37. The number of carbonyl (C=O) groups is 1. The van der Waals surface area contributed by atoms with Crippen LogP contribution in [0.4, 0.5) is 8.78 Å². The van der Waals surface area contributed by atoms with Gasteiger partial charge < -0.3 is 13.9 Å². The number of aromatic nitrogens is 2. The second kappa shape index (κ2) is 9.32. The lowest BCUT2D eigenvalue weighted by Crippen LogP contribution is -2.04. The molecule has 0 radical (unpaired) electrons. The van der Waals surface area contributed by atoms with E-state index in [1.54, 1.807) is 12.1 Å². The monoisotopic (exact) mass is 406 g/mol. The Bertz CT molecular complexity index is 932. The first kappa shape index (κ1) is 19.8. The second-order valence-electron chi connectivity index (χ2n) is 5.42. The second-order valence-corrected chi connectivity index (χ2v) is 6.34. The fraction of sp³-hybridized carbons (Fsp3) is 0.211. The van der Waals surface area contributed by atoms with E-state index < -0.39 is 6.61 Å². The van der Waals surface area contributed by atoms with Crippen molar-refractivity contribution in [1.82, 2.24) is 10.2 Å². The van der Waals surface area contributed by atoms with Crippen molar-refractivity contribution in [1.29, 1.82) is 0 Å². The van der Waals surface area contributed by atoms with Gasteiger partial charge in [0.2, 0.25) is 0 Å². The molecule has 9 heteroatoms. The number of nitrogens with zero attached hydrogens (tertiary/aromatic N) is 2. The summed E-state index contributed by atoms with van der Waals surface area (Å²) in [6.07, 6.45) is 0. The van der Waals surface area contributed by atoms with Crippen molar-refractivity contribution in [2.45, 2.75) is 18.8 Å². The van der Waals surface area contributed by atoms with E-state index in [1.807, 2.05) is 19.1 Å². The predicted octanol–water partition coefficient (Wildman–Crippen LogP) is 4.71. The molecule has 0 fully saturated rings. The molecule has 0 bridgehead atoms. The average molecular weight is 406 g/mol. The van der Waals surface area contributed by atoms with Gasteiger partial charge in [0, 0.05) is 5.56 Å². The van der Waals surface area contributed by atoms with Crippen LogP contribution >= 0.6 is 11.8 Å². The van der Waals surface area contributed by atoms with Gasteiger partial charge in [0.05, 0.1) is 17.9 Å². The Morgan fingerprint density at radius 2 is 1.89 bits per heavy atom. The predicted molar refractivity (Wildman–Crippen MR) is 99.0 cm³/mol. The van der Waals surface area contributed by atoms with Crippen molar-refractivity contribution in [2.24, 2.45) is 0 Å². The number of alkyl halides is 2. The standard InChI is InChI=1S/C19H16F2N2O4S/c1-2-25-16-6-4-3-5-14(16)17-22-23-19(27-17)28-11-15(24)12-7-9-13(10-8-12)26-18(20)21/h3-10,18H,2,11H2,1H3. The summed E-state index contributed by atoms with van der Waals surface area (Å²) < 4.78 is 39.7. The Labute approximate surface area is 163 Å². The van der Waals surface area contributed by atoms with E-state index in [-0.39, 0.29) is 22.5 Å². The largest absolute Gasteiger partial charge is 0.493 e. The zero-order chi connectivity index (χ0) is 19.9. The summed E-state index contributed by atoms with van der Waals surface area (Å²) in [5, 5.41) is 8.19. The molecule has 28 heavy (non-hydrogen) atoms. The third-order valence-electron chi connectivity index (χ3n) is 3.55. The first-order valence-corrected chi connectivity index (χ1v) is 9.32. The summed E-state index contributed by atoms with van der Waals surface area (Å²) in [6.45, 7) is -0.525. The van der Waals surface area contributed by atoms with Crippen LogP contribution in [0.3, 0.4) is 0 Å². The number of halogens is 2. The molecular weight excluding hydrogens is 390 g/mol. The molecule has 0 N–H and O–H groups in total. The highest BCUT2D eigenvalue weighted by molar-refractivity contribution is 7.99. The van der Waals surface area contributed by atoms with Crippen LogP contribution in [0.5, 0.6) is 11.5 Å². The van der Waals surface area contributed by atoms with Gasteiger partial charge in [-0.15, -0.1) is 10.2 Å². The average Bonchev–Trinajstić information content (AvgIpc) is 3.16. The number of benzene rings is 2. The number of para-hydroxylation sites is 1. The van der Waals surface area contributed by atoms with Gasteiger partial charge in [-0.3, -0.25) is 4.79 Å². The Hall–Kier alpha value is -2.94. The van der Waals surface area contributed by atoms with Crippen molar-refractivity contribution in [3.8, 4) is 23.0 Å². The fourth-order valence-electron chi connectivity index (χ4n) is 2.33. The summed E-state index contributed by atoms with van der Waals surface area (Å²) in [5.74, 6) is 0.778. The van der Waals surface area contributed by atoms with Gasteiger partial charge in [0.15, 0.2) is 5.78 Å². The maximum absolute atomic E-state index is 12.2. The van der Waals surface area contributed by atoms with Crippen LogP contribution in [0.25, 0.3) is 11.5 Å². The lowest BCUT2D eigenvalue weighted by Gasteiger charge is -2.06. The molecule has 0 aliphatic carbocycles. The van der Waals surface area contributed by atoms with Crippen LogP contribution in [0.2, 0.25) is 0 Å². The number of hydrogen-bond donors (Lipinski definition) is 0. The first-order valence-electron chi connectivity index (χ1n) is 8.33. The van der Waals surface area contributed by atoms with Crippen molar-refractivity contribution in [3.63, 3.8) is 0 Å². The molecule has 2 aromatic carbocycles. The van der Waals surface area contributed by atoms with Crippen molar-refractivity contribution in [3.05, 3.63) is 54.1 Å². The van der Waals surface area contributed by atoms with Crippen LogP contribution in [0.1, 0.15) is 17.3 Å². The molecule has 0 aliphatic heterocycles. The quantitative estimate of drug-likeness (QED) is 0.376. The fourth-order valence-corrected chi connectivity index (χ4v) is 2.99. The number of carbonyl (C=O) groups excluding carboxylic acids is 1. The molecule has 0 saturated carbocycles. The molecule has 0 atom stereocenters. The summed E-state index contributed by atoms with van der Waals surface area (Å²) in [7, 11) is 0. The summed E-state index contributed by atoms with van der Waals surface area (Å²) in [4.78, 5) is 12.2. The lowest BCUT2D eigenvalue weighted by molar-refractivity contribution is -0.0498. The van der Waals surface area contributed by atoms with E-state index in [9.17, 15) is 13.6 Å². The molecule has 1 aromatic heterocycles. The first-order chi connectivity index (χ1) is 13.6. The minimum Gasteiger partial charge on any atom is -0.493 e. The molecule has 6 nitrogen and oxygen atoms in total. The van der Waals surface area contributed by atoms with E-state index in [2.05, 4.69) is 14.9 Å². The molecule has 1 heterocycles. The number of rotatable bonds is 9. The Morgan fingerprint density at radius 3 is 2.61 bits per heavy atom. The Kier molecular flexibility index (Phi) is 6.59. The van der Waals surface area contributed by atoms with Gasteiger partial charge in [0.1, 0.15) is 11.5 Å². The molecule has 0 saturated heterocycles. The number of hydrogen-bond acceptors (Lipinski definition) is 7. The number of ether oxygens (including phenoxy) is 2. The third kappa shape index (κ3) is 5.07. The van der Waals surface area contributed by atoms with E-state index in [1.165, 1.54) is 24.3 Å². The van der Waals surface area contributed by atoms with Crippen LogP contribution in [-0.4, -0.2) is 35.0 Å². The van der Waals surface area contributed by atoms with E-state index in [0.29, 0.717) is 29.4 Å². The molecule has 0 spiro atoms. The van der Waals surface area contributed by atoms with Gasteiger partial charge in [-0.25, -0.2) is 0 Å². The topological polar surface area (TPSA) is 74.5 Å². The van der Waals surface area contributed by atoms with Crippen LogP contribution in [0, 0.1) is 0 Å². The van der Waals surface area contributed by atoms with Crippen molar-refractivity contribution < 1.29 is 27.5 Å². The number of Topliss-reactive ketones (excluding diaryl/α,β-unsaturated/α-hetero) is 1. The van der Waals surface area contributed by atoms with Gasteiger partial charge in [-0.05, 0) is 43.3 Å². The van der Waals surface area contributed by atoms with Crippen LogP contribution < -0.4 is 9.47 Å². The smallest absolute Gasteiger partial charge is 0.387 e. The summed E-state index contributed by atoms with van der Waals surface area (Å²) >= 11 is 1.09. The Morgan fingerprint density at radius 1 is 1.14 bits per heavy atom. The molecule has 0 unspecified atom stereocenters. The highest BCUT2D eigenvalue weighted by atomic mass is 32.2. The van der Waals surface area contributed by atoms with Gasteiger partial charge in [-0.2, -0.15) is 8.78 Å². The van der Waals surface area contributed by atoms with Crippen LogP contribution in [0.15, 0.2) is 58.2 Å². The van der Waals surface area contributed by atoms with E-state index in [0.717, 1.165) is 11.8 Å². The molecular formula is C19H16F2N2O4S. The molecule has 3 rings (SSSR count). The normalized spacial score (nSPS) is 10.9. The Balaban J connectivity index is 1.62. The number of thioether (sulfide) groups is 1. The molecule has 0 aliphatic rings. The van der Waals surface area contributed by atoms with Gasteiger partial charge in [0.25, 0.3) is 11.1 Å². The summed E-state index contributed by atoms with van der Waals surface area (Å²) in [5.41, 5.74) is 1.04. The highest BCUT2D eigenvalue weighted by Crippen LogP contribution is 2.30. The van der Waals surface area contributed by atoms with Crippen LogP contribution in [-0.2, 0) is 0 Å². The highest BCUT2D eigenvalue weighted by Gasteiger charge is 2.15. The van der Waals surface area contributed by atoms with Crippen molar-refractivity contribution in [2.75, 3.05) is 12.4 Å². The molecule has 146 valence electrons.